The number of nitrogens with two attached hydrogens (primary N) is 1. The fourth-order valence-electron chi connectivity index (χ4n) is 1.80. The summed E-state index contributed by atoms with van der Waals surface area (Å²) in [4.78, 5) is 0. The van der Waals surface area contributed by atoms with E-state index in [2.05, 4.69) is 33.4 Å². The van der Waals surface area contributed by atoms with Gasteiger partial charge in [-0.05, 0) is 24.7 Å². The molecule has 0 spiro atoms. The van der Waals surface area contributed by atoms with Crippen LogP contribution in [0.4, 0.5) is 0 Å². The molecule has 1 fully saturated rings. The zero-order valence-electron chi connectivity index (χ0n) is 15.9. The van der Waals surface area contributed by atoms with Gasteiger partial charge in [0.05, 0.1) is 0 Å². The second-order valence-corrected chi connectivity index (χ2v) is 4.12. The predicted molar refractivity (Wildman–Crippen MR) is 101 cm³/mol. The molecule has 1 aliphatic carbocycles. The Labute approximate surface area is 132 Å². The van der Waals surface area contributed by atoms with E-state index in [-0.39, 0.29) is 1.43 Å². The first-order chi connectivity index (χ1) is 9.67. The van der Waals surface area contributed by atoms with Crippen molar-refractivity contribution >= 4 is 0 Å². The molecule has 0 aromatic heterocycles. The first kappa shape index (κ1) is 27.7. The molecule has 1 saturated carbocycles. The number of allylic oxidation sites excluding steroid dienone is 2. The van der Waals surface area contributed by atoms with Crippen LogP contribution in [0.2, 0.25) is 0 Å². The van der Waals surface area contributed by atoms with Gasteiger partial charge in [0.25, 0.3) is 0 Å². The number of rotatable bonds is 2. The lowest BCUT2D eigenvalue weighted by atomic mass is 9.95. The maximum atomic E-state index is 5.92. The maximum Gasteiger partial charge on any atom is 0.0105 e. The predicted octanol–water partition coefficient (Wildman–Crippen LogP) is 6.84. The van der Waals surface area contributed by atoms with Crippen molar-refractivity contribution < 1.29 is 1.43 Å². The molecule has 3 atom stereocenters. The van der Waals surface area contributed by atoms with Crippen LogP contribution in [0.1, 0.15) is 83.0 Å². The van der Waals surface area contributed by atoms with Gasteiger partial charge in [0.2, 0.25) is 0 Å². The Balaban J connectivity index is -0.0000000730. The van der Waals surface area contributed by atoms with E-state index in [1.165, 1.54) is 19.3 Å². The lowest BCUT2D eigenvalue weighted by Crippen LogP contribution is -2.25. The zero-order valence-corrected chi connectivity index (χ0v) is 15.9. The first-order valence-corrected chi connectivity index (χ1v) is 8.72. The van der Waals surface area contributed by atoms with Crippen LogP contribution in [-0.2, 0) is 0 Å². The van der Waals surface area contributed by atoms with Crippen LogP contribution in [0.5, 0.6) is 0 Å². The van der Waals surface area contributed by atoms with E-state index < -0.39 is 0 Å². The molecule has 1 rings (SSSR count). The number of hydrogen-bond acceptors (Lipinski definition) is 1. The van der Waals surface area contributed by atoms with E-state index in [1.54, 1.807) is 0 Å². The minimum absolute atomic E-state index is 0. The van der Waals surface area contributed by atoms with Crippen LogP contribution in [0.25, 0.3) is 0 Å². The Kier molecular flexibility index (Phi) is 37.3. The largest absolute Gasteiger partial charge is 0.327 e. The molecule has 0 aromatic rings. The van der Waals surface area contributed by atoms with Crippen LogP contribution >= 0.6 is 0 Å². The summed E-state index contributed by atoms with van der Waals surface area (Å²) in [5.74, 6) is 1.33. The summed E-state index contributed by atoms with van der Waals surface area (Å²) in [6.45, 7) is 22.2. The van der Waals surface area contributed by atoms with Gasteiger partial charge in [0, 0.05) is 7.47 Å². The molecule has 0 aliphatic heterocycles. The average molecular weight is 288 g/mol. The Morgan fingerprint density at radius 2 is 1.45 bits per heavy atom. The molecule has 2 unspecified atom stereocenters. The molecule has 0 radical (unpaired) electrons. The minimum Gasteiger partial charge on any atom is -0.327 e. The molecule has 0 heterocycles. The molecule has 126 valence electrons. The van der Waals surface area contributed by atoms with Crippen molar-refractivity contribution in [2.75, 3.05) is 0 Å². The summed E-state index contributed by atoms with van der Waals surface area (Å²) >= 11 is 0. The monoisotopic (exact) mass is 287 g/mol. The molecule has 0 aromatic carbocycles. The quantitative estimate of drug-likeness (QED) is 0.553. The molecule has 0 amide bonds. The summed E-state index contributed by atoms with van der Waals surface area (Å²) in [6, 6.07) is 0.376. The van der Waals surface area contributed by atoms with E-state index in [1.807, 2.05) is 53.7 Å². The second kappa shape index (κ2) is 26.9. The molecule has 2 N–H and O–H groups in total. The Morgan fingerprint density at radius 1 is 1.05 bits per heavy atom. The highest BCUT2D eigenvalue weighted by Crippen LogP contribution is 2.31. The van der Waals surface area contributed by atoms with E-state index in [0.717, 1.165) is 5.92 Å². The summed E-state index contributed by atoms with van der Waals surface area (Å²) in [7, 11) is 0. The van der Waals surface area contributed by atoms with Crippen LogP contribution in [0.15, 0.2) is 24.8 Å². The van der Waals surface area contributed by atoms with Crippen LogP contribution in [0, 0.1) is 11.8 Å². The normalized spacial score (nSPS) is 22.8. The van der Waals surface area contributed by atoms with E-state index in [0.29, 0.717) is 12.0 Å². The highest BCUT2D eigenvalue weighted by Gasteiger charge is 2.27. The lowest BCUT2D eigenvalue weighted by molar-refractivity contribution is 0.469. The van der Waals surface area contributed by atoms with Crippen molar-refractivity contribution in [2.45, 2.75) is 87.6 Å². The third-order valence-electron chi connectivity index (χ3n) is 2.58. The third-order valence-corrected chi connectivity index (χ3v) is 2.58. The highest BCUT2D eigenvalue weighted by molar-refractivity contribution is 5.05. The summed E-state index contributed by atoms with van der Waals surface area (Å²) < 4.78 is 0. The first-order valence-electron chi connectivity index (χ1n) is 8.72. The summed E-state index contributed by atoms with van der Waals surface area (Å²) in [6.07, 6.45) is 9.71. The van der Waals surface area contributed by atoms with Gasteiger partial charge in [-0.3, -0.25) is 0 Å². The Bertz CT molecular complexity index is 168. The van der Waals surface area contributed by atoms with Crippen molar-refractivity contribution in [2.24, 2.45) is 17.6 Å². The van der Waals surface area contributed by atoms with Gasteiger partial charge in [0.15, 0.2) is 0 Å². The SMILES string of the molecule is C=C/C=C\C1C(C)CC[C@H]1N.CC.CC.CC.CCC.[HH]. The van der Waals surface area contributed by atoms with Crippen molar-refractivity contribution in [1.29, 1.82) is 0 Å². The van der Waals surface area contributed by atoms with Gasteiger partial charge in [-0.1, -0.05) is 93.5 Å². The molecule has 20 heavy (non-hydrogen) atoms. The molecule has 0 bridgehead atoms. The van der Waals surface area contributed by atoms with E-state index in [9.17, 15) is 0 Å². The van der Waals surface area contributed by atoms with Crippen molar-refractivity contribution in [3.05, 3.63) is 24.8 Å². The smallest absolute Gasteiger partial charge is 0.0105 e. The van der Waals surface area contributed by atoms with Crippen molar-refractivity contribution in [3.63, 3.8) is 0 Å². The zero-order chi connectivity index (χ0) is 17.0. The van der Waals surface area contributed by atoms with Gasteiger partial charge < -0.3 is 5.73 Å². The van der Waals surface area contributed by atoms with Crippen LogP contribution < -0.4 is 5.73 Å². The summed E-state index contributed by atoms with van der Waals surface area (Å²) in [5.41, 5.74) is 5.92. The van der Waals surface area contributed by atoms with Gasteiger partial charge in [-0.25, -0.2) is 0 Å². The Hall–Kier alpha value is -0.560. The molecule has 1 heteroatoms. The average Bonchev–Trinajstić information content (AvgIpc) is 2.83. The molecule has 1 aliphatic rings. The minimum atomic E-state index is 0. The maximum absolute atomic E-state index is 5.92. The lowest BCUT2D eigenvalue weighted by Gasteiger charge is -2.14. The second-order valence-electron chi connectivity index (χ2n) is 4.12. The van der Waals surface area contributed by atoms with Crippen molar-refractivity contribution in [3.8, 4) is 0 Å². The van der Waals surface area contributed by atoms with Gasteiger partial charge in [-0.15, -0.1) is 0 Å². The number of hydrogen-bond donors (Lipinski definition) is 1. The van der Waals surface area contributed by atoms with E-state index >= 15 is 0 Å². The molecular formula is C19H45N. The van der Waals surface area contributed by atoms with E-state index in [4.69, 9.17) is 5.73 Å². The standard InChI is InChI=1S/C10H17N.C3H8.3C2H6.H2/c1-3-4-5-9-8(2)6-7-10(9)11;1-3-2;3*1-2;/h3-5,8-10H,1,6-7,11H2,2H3;3H2,1-2H3;3*1-2H3;1H/b5-4-;;;;;/t8?,9?,10-;;;;;/m1...../s1. The van der Waals surface area contributed by atoms with Gasteiger partial charge in [0.1, 0.15) is 0 Å². The Morgan fingerprint density at radius 3 is 1.70 bits per heavy atom. The fraction of sp³-hybridized carbons (Fsp3) is 0.789. The highest BCUT2D eigenvalue weighted by atomic mass is 14.7. The fourth-order valence-corrected chi connectivity index (χ4v) is 1.80. The van der Waals surface area contributed by atoms with Crippen LogP contribution in [-0.4, -0.2) is 6.04 Å². The van der Waals surface area contributed by atoms with Gasteiger partial charge in [-0.2, -0.15) is 0 Å². The molecular weight excluding hydrogens is 242 g/mol. The van der Waals surface area contributed by atoms with Gasteiger partial charge >= 0.3 is 0 Å². The molecule has 0 saturated heterocycles. The molecule has 1 nitrogen and oxygen atoms in total. The topological polar surface area (TPSA) is 26.0 Å². The third kappa shape index (κ3) is 17.4. The van der Waals surface area contributed by atoms with Crippen molar-refractivity contribution in [1.82, 2.24) is 0 Å². The van der Waals surface area contributed by atoms with Crippen LogP contribution in [0.3, 0.4) is 0 Å². The summed E-state index contributed by atoms with van der Waals surface area (Å²) in [5, 5.41) is 0.